The number of H-pyrrole nitrogens is 1. The fraction of sp³-hybridized carbons (Fsp3) is 0.316. The minimum absolute atomic E-state index is 0.0824. The van der Waals surface area contributed by atoms with E-state index in [0.717, 1.165) is 5.56 Å². The average Bonchev–Trinajstić information content (AvgIpc) is 3.02. The largest absolute Gasteiger partial charge is 0.383 e. The Labute approximate surface area is 172 Å². The van der Waals surface area contributed by atoms with Crippen molar-refractivity contribution < 1.29 is 4.74 Å². The average molecular weight is 419 g/mol. The predicted octanol–water partition coefficient (Wildman–Crippen LogP) is 1.21. The van der Waals surface area contributed by atoms with Crippen molar-refractivity contribution in [3.05, 3.63) is 73.9 Å². The zero-order valence-corrected chi connectivity index (χ0v) is 17.0. The highest BCUT2D eigenvalue weighted by Gasteiger charge is 2.21. The molecule has 0 amide bonds. The fourth-order valence-electron chi connectivity index (χ4n) is 3.02. The molecule has 0 aliphatic heterocycles. The number of aromatic amines is 1. The maximum Gasteiger partial charge on any atom is 0.330 e. The predicted molar refractivity (Wildman–Crippen MR) is 112 cm³/mol. The molecule has 0 radical (unpaired) electrons. The van der Waals surface area contributed by atoms with E-state index in [0.29, 0.717) is 24.1 Å². The number of halogens is 1. The van der Waals surface area contributed by atoms with E-state index in [9.17, 15) is 9.59 Å². The van der Waals surface area contributed by atoms with Gasteiger partial charge in [0, 0.05) is 20.7 Å². The van der Waals surface area contributed by atoms with Crippen LogP contribution in [0.15, 0.2) is 46.1 Å². The number of ether oxygens (including phenoxy) is 1. The molecule has 0 saturated carbocycles. The lowest BCUT2D eigenvalue weighted by atomic mass is 10.2. The lowest BCUT2D eigenvalue weighted by Crippen LogP contribution is -2.39. The van der Waals surface area contributed by atoms with Crippen LogP contribution in [0.25, 0.3) is 0 Å². The number of nitrogen functional groups attached to an aromatic ring is 1. The minimum atomic E-state index is -0.563. The Morgan fingerprint density at radius 3 is 2.62 bits per heavy atom. The van der Waals surface area contributed by atoms with Gasteiger partial charge in [-0.25, -0.2) is 9.78 Å². The number of rotatable bonds is 8. The van der Waals surface area contributed by atoms with Crippen molar-refractivity contribution >= 4 is 23.1 Å². The second-order valence-electron chi connectivity index (χ2n) is 6.54. The second kappa shape index (κ2) is 8.97. The number of anilines is 2. The molecule has 3 aromatic rings. The molecule has 1 aromatic carbocycles. The molecule has 154 valence electrons. The number of aromatic nitrogens is 4. The van der Waals surface area contributed by atoms with Gasteiger partial charge in [0.15, 0.2) is 0 Å². The van der Waals surface area contributed by atoms with Crippen LogP contribution in [0.5, 0.6) is 0 Å². The maximum atomic E-state index is 12.7. The molecule has 3 rings (SSSR count). The molecule has 0 bridgehead atoms. The van der Waals surface area contributed by atoms with Crippen LogP contribution in [0.3, 0.4) is 0 Å². The van der Waals surface area contributed by atoms with Gasteiger partial charge < -0.3 is 19.9 Å². The molecule has 0 fully saturated rings. The quantitative estimate of drug-likeness (QED) is 0.568. The first kappa shape index (κ1) is 20.7. The molecule has 0 saturated heterocycles. The third kappa shape index (κ3) is 4.52. The molecule has 0 aliphatic carbocycles. The van der Waals surface area contributed by atoms with Gasteiger partial charge in [0.1, 0.15) is 22.5 Å². The maximum absolute atomic E-state index is 12.7. The number of nitrogens with two attached hydrogens (primary N) is 1. The number of hydrogen-bond donors (Lipinski definition) is 2. The molecule has 0 aliphatic rings. The minimum Gasteiger partial charge on any atom is -0.383 e. The van der Waals surface area contributed by atoms with E-state index in [2.05, 4.69) is 9.97 Å². The van der Waals surface area contributed by atoms with E-state index >= 15 is 0 Å². The van der Waals surface area contributed by atoms with Gasteiger partial charge in [-0.2, -0.15) is 0 Å². The zero-order chi connectivity index (χ0) is 21.0. The van der Waals surface area contributed by atoms with Crippen molar-refractivity contribution in [1.82, 2.24) is 19.1 Å². The van der Waals surface area contributed by atoms with Gasteiger partial charge in [-0.05, 0) is 5.56 Å². The molecule has 10 heteroatoms. The molecule has 0 atom stereocenters. The summed E-state index contributed by atoms with van der Waals surface area (Å²) >= 11 is 6.08. The third-order valence-electron chi connectivity index (χ3n) is 4.64. The Hall–Kier alpha value is -3.04. The standard InChI is InChI=1S/C19H23ClN6O3/c1-24-14(20)10-22-15(24)12-25(8-9-29-2)16-17(21)26(19(28)23-18(16)27)11-13-6-4-3-5-7-13/h3-7,10H,8-9,11-12,21H2,1-2H3,(H,23,27,28). The third-order valence-corrected chi connectivity index (χ3v) is 4.99. The number of nitrogens with zero attached hydrogens (tertiary/aromatic N) is 4. The van der Waals surface area contributed by atoms with Gasteiger partial charge in [0.25, 0.3) is 5.56 Å². The summed E-state index contributed by atoms with van der Waals surface area (Å²) in [6.45, 7) is 1.23. The van der Waals surface area contributed by atoms with Crippen LogP contribution in [0.2, 0.25) is 5.15 Å². The number of imidazole rings is 1. The Morgan fingerprint density at radius 1 is 1.28 bits per heavy atom. The SMILES string of the molecule is COCCN(Cc1ncc(Cl)n1C)c1c(N)n(Cc2ccccc2)c(=O)[nH]c1=O. The van der Waals surface area contributed by atoms with Gasteiger partial charge in [-0.15, -0.1) is 0 Å². The van der Waals surface area contributed by atoms with E-state index in [1.165, 1.54) is 10.8 Å². The Kier molecular flexibility index (Phi) is 6.40. The summed E-state index contributed by atoms with van der Waals surface area (Å²) in [6.07, 6.45) is 1.54. The van der Waals surface area contributed by atoms with Crippen LogP contribution in [-0.4, -0.2) is 39.4 Å². The lowest BCUT2D eigenvalue weighted by Gasteiger charge is -2.25. The van der Waals surface area contributed by atoms with E-state index in [-0.39, 0.29) is 24.6 Å². The van der Waals surface area contributed by atoms with Gasteiger partial charge in [0.2, 0.25) is 0 Å². The van der Waals surface area contributed by atoms with Crippen molar-refractivity contribution in [2.24, 2.45) is 7.05 Å². The van der Waals surface area contributed by atoms with Crippen LogP contribution in [0.4, 0.5) is 11.5 Å². The van der Waals surface area contributed by atoms with Crippen LogP contribution >= 0.6 is 11.6 Å². The van der Waals surface area contributed by atoms with Gasteiger partial charge in [0.05, 0.1) is 25.9 Å². The monoisotopic (exact) mass is 418 g/mol. The van der Waals surface area contributed by atoms with Crippen LogP contribution in [0, 0.1) is 0 Å². The van der Waals surface area contributed by atoms with E-state index in [1.807, 2.05) is 30.3 Å². The molecule has 29 heavy (non-hydrogen) atoms. The van der Waals surface area contributed by atoms with Gasteiger partial charge in [-0.3, -0.25) is 14.3 Å². The summed E-state index contributed by atoms with van der Waals surface area (Å²) in [5, 5.41) is 0.475. The fourth-order valence-corrected chi connectivity index (χ4v) is 3.17. The number of methoxy groups -OCH3 is 1. The van der Waals surface area contributed by atoms with Crippen LogP contribution < -0.4 is 21.9 Å². The van der Waals surface area contributed by atoms with Gasteiger partial charge in [-0.1, -0.05) is 41.9 Å². The Bertz CT molecular complexity index is 1090. The van der Waals surface area contributed by atoms with Gasteiger partial charge >= 0.3 is 5.69 Å². The molecular formula is C19H23ClN6O3. The van der Waals surface area contributed by atoms with Crippen molar-refractivity contribution in [3.63, 3.8) is 0 Å². The normalized spacial score (nSPS) is 11.0. The van der Waals surface area contributed by atoms with Crippen molar-refractivity contribution in [2.75, 3.05) is 30.9 Å². The van der Waals surface area contributed by atoms with E-state index in [1.54, 1.807) is 23.6 Å². The van der Waals surface area contributed by atoms with Crippen molar-refractivity contribution in [1.29, 1.82) is 0 Å². The Balaban J connectivity index is 2.04. The highest BCUT2D eigenvalue weighted by atomic mass is 35.5. The summed E-state index contributed by atoms with van der Waals surface area (Å²) in [7, 11) is 3.35. The first-order chi connectivity index (χ1) is 13.9. The zero-order valence-electron chi connectivity index (χ0n) is 16.3. The topological polar surface area (TPSA) is 111 Å². The molecule has 2 aromatic heterocycles. The molecule has 0 spiro atoms. The molecule has 0 unspecified atom stereocenters. The molecule has 9 nitrogen and oxygen atoms in total. The summed E-state index contributed by atoms with van der Waals surface area (Å²) < 4.78 is 8.24. The molecular weight excluding hydrogens is 396 g/mol. The highest BCUT2D eigenvalue weighted by Crippen LogP contribution is 2.20. The number of hydrogen-bond acceptors (Lipinski definition) is 6. The van der Waals surface area contributed by atoms with Crippen molar-refractivity contribution in [2.45, 2.75) is 13.1 Å². The summed E-state index contributed by atoms with van der Waals surface area (Å²) in [6, 6.07) is 9.40. The smallest absolute Gasteiger partial charge is 0.330 e. The lowest BCUT2D eigenvalue weighted by molar-refractivity contribution is 0.204. The summed E-state index contributed by atoms with van der Waals surface area (Å²) in [5.74, 6) is 0.727. The van der Waals surface area contributed by atoms with Crippen LogP contribution in [0.1, 0.15) is 11.4 Å². The molecule has 2 heterocycles. The summed E-state index contributed by atoms with van der Waals surface area (Å²) in [5.41, 5.74) is 6.26. The Morgan fingerprint density at radius 2 is 2.00 bits per heavy atom. The second-order valence-corrected chi connectivity index (χ2v) is 6.92. The van der Waals surface area contributed by atoms with E-state index in [4.69, 9.17) is 22.1 Å². The number of benzene rings is 1. The highest BCUT2D eigenvalue weighted by molar-refractivity contribution is 6.29. The van der Waals surface area contributed by atoms with Crippen molar-refractivity contribution in [3.8, 4) is 0 Å². The first-order valence-electron chi connectivity index (χ1n) is 8.99. The van der Waals surface area contributed by atoms with E-state index < -0.39 is 11.2 Å². The van der Waals surface area contributed by atoms with Crippen LogP contribution in [-0.2, 0) is 24.9 Å². The number of nitrogens with one attached hydrogen (secondary N) is 1. The molecule has 3 N–H and O–H groups in total. The summed E-state index contributed by atoms with van der Waals surface area (Å²) in [4.78, 5) is 33.5. The first-order valence-corrected chi connectivity index (χ1v) is 9.36.